The summed E-state index contributed by atoms with van der Waals surface area (Å²) in [6.45, 7) is 0. The fourth-order valence-electron chi connectivity index (χ4n) is 1.75. The van der Waals surface area contributed by atoms with E-state index in [-0.39, 0.29) is 6.04 Å². The average Bonchev–Trinajstić information content (AvgIpc) is 3.19. The maximum absolute atomic E-state index is 5.82. The molecule has 0 aromatic heterocycles. The molecule has 2 aromatic carbocycles. The Labute approximate surface area is 111 Å². The molecule has 3 rings (SSSR count). The summed E-state index contributed by atoms with van der Waals surface area (Å²) in [5.74, 6) is 0. The van der Waals surface area contributed by atoms with Gasteiger partial charge >= 0.3 is 0 Å². The molecule has 1 heterocycles. The van der Waals surface area contributed by atoms with E-state index in [9.17, 15) is 0 Å². The van der Waals surface area contributed by atoms with E-state index in [0.717, 1.165) is 16.4 Å². The van der Waals surface area contributed by atoms with Crippen molar-refractivity contribution in [3.8, 4) is 0 Å². The van der Waals surface area contributed by atoms with Gasteiger partial charge in [0.2, 0.25) is 0 Å². The number of nitrogens with zero attached hydrogens (tertiary/aromatic N) is 2. The lowest BCUT2D eigenvalue weighted by atomic mass is 10.1. The quantitative estimate of drug-likeness (QED) is 0.742. The molecule has 0 saturated heterocycles. The molecule has 0 saturated carbocycles. The van der Waals surface area contributed by atoms with Gasteiger partial charge in [-0.1, -0.05) is 41.9 Å². The van der Waals surface area contributed by atoms with E-state index in [1.807, 2.05) is 48.7 Å². The summed E-state index contributed by atoms with van der Waals surface area (Å²) in [6.07, 6.45) is 1.87. The Morgan fingerprint density at radius 2 is 1.72 bits per heavy atom. The highest BCUT2D eigenvalue weighted by Crippen LogP contribution is 2.20. The number of hydrogen-bond donors (Lipinski definition) is 0. The fraction of sp³-hybridized carbons (Fsp3) is 0.0667. The molecule has 18 heavy (non-hydrogen) atoms. The van der Waals surface area contributed by atoms with Gasteiger partial charge in [0.05, 0.1) is 11.4 Å². The van der Waals surface area contributed by atoms with Gasteiger partial charge in [0.1, 0.15) is 6.04 Å². The Balaban J connectivity index is 1.65. The molecule has 0 radical (unpaired) electrons. The number of benzene rings is 2. The monoisotopic (exact) mass is 254 g/mol. The first-order chi connectivity index (χ1) is 8.83. The second kappa shape index (κ2) is 4.75. The predicted molar refractivity (Wildman–Crippen MR) is 76.4 cm³/mol. The van der Waals surface area contributed by atoms with E-state index in [1.165, 1.54) is 5.56 Å². The third-order valence-corrected chi connectivity index (χ3v) is 3.00. The zero-order chi connectivity index (χ0) is 12.4. The van der Waals surface area contributed by atoms with Crippen molar-refractivity contribution in [1.82, 2.24) is 0 Å². The molecule has 0 N–H and O–H groups in total. The van der Waals surface area contributed by atoms with E-state index in [4.69, 9.17) is 11.6 Å². The van der Waals surface area contributed by atoms with E-state index >= 15 is 0 Å². The highest BCUT2D eigenvalue weighted by atomic mass is 35.5. The molecule has 0 fully saturated rings. The highest BCUT2D eigenvalue weighted by Gasteiger charge is 2.26. The van der Waals surface area contributed by atoms with E-state index in [0.29, 0.717) is 0 Å². The van der Waals surface area contributed by atoms with Crippen molar-refractivity contribution in [2.75, 3.05) is 0 Å². The zero-order valence-electron chi connectivity index (χ0n) is 9.62. The summed E-state index contributed by atoms with van der Waals surface area (Å²) < 4.78 is 0. The van der Waals surface area contributed by atoms with Gasteiger partial charge in [-0.2, -0.15) is 0 Å². The normalized spacial score (nSPS) is 17.8. The first-order valence-corrected chi connectivity index (χ1v) is 6.13. The molecular weight excluding hydrogens is 244 g/mol. The molecule has 2 nitrogen and oxygen atoms in total. The molecule has 1 atom stereocenters. The van der Waals surface area contributed by atoms with Crippen molar-refractivity contribution in [3.63, 3.8) is 0 Å². The van der Waals surface area contributed by atoms with Crippen LogP contribution in [0.5, 0.6) is 0 Å². The van der Waals surface area contributed by atoms with Crippen molar-refractivity contribution in [2.45, 2.75) is 6.04 Å². The number of hydrogen-bond acceptors (Lipinski definition) is 2. The van der Waals surface area contributed by atoms with Crippen LogP contribution in [0.4, 0.5) is 5.69 Å². The molecule has 0 amide bonds. The van der Waals surface area contributed by atoms with E-state index in [2.05, 4.69) is 22.1 Å². The second-order valence-electron chi connectivity index (χ2n) is 4.08. The third-order valence-electron chi connectivity index (χ3n) is 2.75. The van der Waals surface area contributed by atoms with Crippen molar-refractivity contribution < 1.29 is 0 Å². The maximum atomic E-state index is 5.82. The molecule has 1 unspecified atom stereocenters. The van der Waals surface area contributed by atoms with Crippen LogP contribution < -0.4 is 0 Å². The van der Waals surface area contributed by atoms with Gasteiger partial charge in [-0.25, -0.2) is 0 Å². The number of halogens is 1. The summed E-state index contributed by atoms with van der Waals surface area (Å²) in [6, 6.07) is 17.7. The van der Waals surface area contributed by atoms with Crippen LogP contribution >= 0.6 is 11.6 Å². The van der Waals surface area contributed by atoms with Gasteiger partial charge in [-0.15, -0.1) is 0 Å². The molecular formula is C15H11ClN2. The van der Waals surface area contributed by atoms with Crippen LogP contribution in [-0.2, 0) is 0 Å². The van der Waals surface area contributed by atoms with Crippen molar-refractivity contribution in [3.05, 3.63) is 65.2 Å². The smallest absolute Gasteiger partial charge is 0.128 e. The molecule has 0 spiro atoms. The average molecular weight is 255 g/mol. The van der Waals surface area contributed by atoms with E-state index in [1.54, 1.807) is 0 Å². The minimum atomic E-state index is 0.128. The van der Waals surface area contributed by atoms with Crippen LogP contribution in [-0.4, -0.2) is 18.0 Å². The predicted octanol–water partition coefficient (Wildman–Crippen LogP) is 3.91. The maximum Gasteiger partial charge on any atom is 0.128 e. The van der Waals surface area contributed by atoms with Gasteiger partial charge < -0.3 is 0 Å². The lowest BCUT2D eigenvalue weighted by molar-refractivity contribution is 1.37. The SMILES string of the molecule is Clc1ccc(N=CC2N=C2c2ccccc2)cc1. The molecule has 1 aliphatic heterocycles. The van der Waals surface area contributed by atoms with Crippen molar-refractivity contribution in [1.29, 1.82) is 0 Å². The van der Waals surface area contributed by atoms with Gasteiger partial charge in [0, 0.05) is 11.2 Å². The summed E-state index contributed by atoms with van der Waals surface area (Å²) in [7, 11) is 0. The van der Waals surface area contributed by atoms with Crippen LogP contribution in [0, 0.1) is 0 Å². The first kappa shape index (κ1) is 11.2. The Morgan fingerprint density at radius 1 is 1.00 bits per heavy atom. The fourth-order valence-corrected chi connectivity index (χ4v) is 1.88. The Bertz CT molecular complexity index is 600. The third kappa shape index (κ3) is 2.49. The molecule has 0 aliphatic carbocycles. The number of rotatable bonds is 3. The molecule has 1 aliphatic rings. The lowest BCUT2D eigenvalue weighted by Gasteiger charge is -1.93. The van der Waals surface area contributed by atoms with E-state index < -0.39 is 0 Å². The molecule has 88 valence electrons. The summed E-state index contributed by atoms with van der Waals surface area (Å²) in [4.78, 5) is 8.79. The summed E-state index contributed by atoms with van der Waals surface area (Å²) in [5, 5.41) is 0.724. The van der Waals surface area contributed by atoms with Crippen molar-refractivity contribution >= 4 is 29.2 Å². The van der Waals surface area contributed by atoms with Crippen LogP contribution in [0.25, 0.3) is 0 Å². The number of aliphatic imine (C=N–C) groups is 2. The zero-order valence-corrected chi connectivity index (χ0v) is 10.4. The van der Waals surface area contributed by atoms with Gasteiger partial charge in [0.15, 0.2) is 0 Å². The van der Waals surface area contributed by atoms with Crippen molar-refractivity contribution in [2.24, 2.45) is 9.98 Å². The largest absolute Gasteiger partial charge is 0.271 e. The lowest BCUT2D eigenvalue weighted by Crippen LogP contribution is -1.99. The minimum absolute atomic E-state index is 0.128. The molecule has 0 bridgehead atoms. The summed E-state index contributed by atoms with van der Waals surface area (Å²) >= 11 is 5.82. The Kier molecular flexibility index (Phi) is 2.95. The first-order valence-electron chi connectivity index (χ1n) is 5.76. The summed E-state index contributed by atoms with van der Waals surface area (Å²) in [5.41, 5.74) is 3.17. The van der Waals surface area contributed by atoms with Gasteiger partial charge in [0.25, 0.3) is 0 Å². The second-order valence-corrected chi connectivity index (χ2v) is 4.52. The van der Waals surface area contributed by atoms with Gasteiger partial charge in [-0.05, 0) is 29.8 Å². The van der Waals surface area contributed by atoms with Crippen LogP contribution in [0.2, 0.25) is 5.02 Å². The van der Waals surface area contributed by atoms with Crippen LogP contribution in [0.15, 0.2) is 64.6 Å². The van der Waals surface area contributed by atoms with Crippen LogP contribution in [0.1, 0.15) is 5.56 Å². The Hall–Kier alpha value is -1.93. The Morgan fingerprint density at radius 3 is 2.44 bits per heavy atom. The topological polar surface area (TPSA) is 24.7 Å². The molecule has 3 heteroatoms. The highest BCUT2D eigenvalue weighted by molar-refractivity contribution is 6.30. The molecule has 2 aromatic rings. The minimum Gasteiger partial charge on any atom is -0.271 e. The van der Waals surface area contributed by atoms with Gasteiger partial charge in [-0.3, -0.25) is 9.98 Å². The van der Waals surface area contributed by atoms with Crippen LogP contribution in [0.3, 0.4) is 0 Å². The standard InChI is InChI=1S/C15H11ClN2/c16-12-6-8-13(9-7-12)17-10-14-15(18-14)11-4-2-1-3-5-11/h1-10,14H.